The molecule has 22 heavy (non-hydrogen) atoms. The van der Waals surface area contributed by atoms with Gasteiger partial charge in [0.2, 0.25) is 0 Å². The first kappa shape index (κ1) is 15.8. The Bertz CT molecular complexity index is 669. The SMILES string of the molecule is Cc1cc(OCC(=O)Nc2ncccc2O)ccc1C(C)C. The lowest BCUT2D eigenvalue weighted by Gasteiger charge is -2.12. The maximum absolute atomic E-state index is 11.8. The van der Waals surface area contributed by atoms with E-state index in [1.54, 1.807) is 6.07 Å². The fourth-order valence-electron chi connectivity index (χ4n) is 2.20. The van der Waals surface area contributed by atoms with Gasteiger partial charge in [0, 0.05) is 6.20 Å². The molecule has 5 nitrogen and oxygen atoms in total. The molecule has 0 fully saturated rings. The lowest BCUT2D eigenvalue weighted by atomic mass is 9.98. The van der Waals surface area contributed by atoms with Crippen LogP contribution in [0.3, 0.4) is 0 Å². The van der Waals surface area contributed by atoms with Crippen LogP contribution in [0.15, 0.2) is 36.5 Å². The molecule has 1 amide bonds. The summed E-state index contributed by atoms with van der Waals surface area (Å²) in [6.45, 7) is 6.15. The van der Waals surface area contributed by atoms with Crippen molar-refractivity contribution in [2.24, 2.45) is 0 Å². The Morgan fingerprint density at radius 1 is 1.36 bits per heavy atom. The van der Waals surface area contributed by atoms with Crippen molar-refractivity contribution in [3.63, 3.8) is 0 Å². The van der Waals surface area contributed by atoms with E-state index in [0.717, 1.165) is 5.56 Å². The van der Waals surface area contributed by atoms with E-state index in [0.29, 0.717) is 11.7 Å². The molecule has 0 aliphatic rings. The maximum Gasteiger partial charge on any atom is 0.263 e. The molecule has 5 heteroatoms. The minimum absolute atomic E-state index is 0.0759. The average Bonchev–Trinajstić information content (AvgIpc) is 2.47. The van der Waals surface area contributed by atoms with Gasteiger partial charge in [-0.25, -0.2) is 4.98 Å². The Morgan fingerprint density at radius 3 is 2.77 bits per heavy atom. The Labute approximate surface area is 130 Å². The van der Waals surface area contributed by atoms with Gasteiger partial charge in [-0.15, -0.1) is 0 Å². The quantitative estimate of drug-likeness (QED) is 0.889. The number of amides is 1. The van der Waals surface area contributed by atoms with Crippen LogP contribution in [0.4, 0.5) is 5.82 Å². The van der Waals surface area contributed by atoms with Gasteiger partial charge >= 0.3 is 0 Å². The summed E-state index contributed by atoms with van der Waals surface area (Å²) in [5, 5.41) is 12.0. The van der Waals surface area contributed by atoms with E-state index in [4.69, 9.17) is 4.74 Å². The van der Waals surface area contributed by atoms with Crippen molar-refractivity contribution in [3.8, 4) is 11.5 Å². The third-order valence-corrected chi connectivity index (χ3v) is 3.28. The molecule has 0 aliphatic heterocycles. The van der Waals surface area contributed by atoms with Crippen LogP contribution in [0.2, 0.25) is 0 Å². The first-order chi connectivity index (χ1) is 10.5. The summed E-state index contributed by atoms with van der Waals surface area (Å²) in [5.74, 6) is 0.766. The summed E-state index contributed by atoms with van der Waals surface area (Å²) >= 11 is 0. The predicted octanol–water partition coefficient (Wildman–Crippen LogP) is 3.24. The molecule has 0 aliphatic carbocycles. The smallest absolute Gasteiger partial charge is 0.263 e. The number of ether oxygens (including phenoxy) is 1. The number of nitrogens with zero attached hydrogens (tertiary/aromatic N) is 1. The molecule has 0 bridgehead atoms. The lowest BCUT2D eigenvalue weighted by molar-refractivity contribution is -0.118. The molecule has 2 rings (SSSR count). The summed E-state index contributed by atoms with van der Waals surface area (Å²) in [6.07, 6.45) is 1.49. The number of pyridine rings is 1. The van der Waals surface area contributed by atoms with Gasteiger partial charge in [0.1, 0.15) is 5.75 Å². The summed E-state index contributed by atoms with van der Waals surface area (Å²) in [6, 6.07) is 8.82. The fraction of sp³-hybridized carbons (Fsp3) is 0.294. The first-order valence-electron chi connectivity index (χ1n) is 7.14. The number of hydrogen-bond donors (Lipinski definition) is 2. The van der Waals surface area contributed by atoms with E-state index in [1.165, 1.54) is 17.8 Å². The Morgan fingerprint density at radius 2 is 2.14 bits per heavy atom. The molecule has 1 heterocycles. The largest absolute Gasteiger partial charge is 0.504 e. The van der Waals surface area contributed by atoms with Gasteiger partial charge in [-0.1, -0.05) is 19.9 Å². The molecule has 0 atom stereocenters. The summed E-state index contributed by atoms with van der Waals surface area (Å²) in [4.78, 5) is 15.7. The molecule has 0 saturated heterocycles. The van der Waals surface area contributed by atoms with Crippen LogP contribution in [0.25, 0.3) is 0 Å². The highest BCUT2D eigenvalue weighted by atomic mass is 16.5. The number of aromatic nitrogens is 1. The average molecular weight is 300 g/mol. The van der Waals surface area contributed by atoms with Crippen molar-refractivity contribution in [2.75, 3.05) is 11.9 Å². The van der Waals surface area contributed by atoms with Crippen LogP contribution in [-0.4, -0.2) is 22.6 Å². The van der Waals surface area contributed by atoms with E-state index >= 15 is 0 Å². The van der Waals surface area contributed by atoms with Crippen LogP contribution < -0.4 is 10.1 Å². The van der Waals surface area contributed by atoms with Gasteiger partial charge < -0.3 is 15.2 Å². The van der Waals surface area contributed by atoms with E-state index in [1.807, 2.05) is 25.1 Å². The second-order valence-corrected chi connectivity index (χ2v) is 5.38. The number of nitrogens with one attached hydrogen (secondary N) is 1. The van der Waals surface area contributed by atoms with Gasteiger partial charge in [0.25, 0.3) is 5.91 Å². The molecule has 0 spiro atoms. The minimum atomic E-state index is -0.375. The number of carbonyl (C=O) groups is 1. The molecule has 0 radical (unpaired) electrons. The number of benzene rings is 1. The number of carbonyl (C=O) groups excluding carboxylic acids is 1. The fourth-order valence-corrected chi connectivity index (χ4v) is 2.20. The van der Waals surface area contributed by atoms with Crippen LogP contribution in [0.5, 0.6) is 11.5 Å². The Hall–Kier alpha value is -2.56. The molecule has 1 aromatic heterocycles. The number of aryl methyl sites for hydroxylation is 1. The van der Waals surface area contributed by atoms with Gasteiger partial charge in [-0.2, -0.15) is 0 Å². The summed E-state index contributed by atoms with van der Waals surface area (Å²) in [7, 11) is 0. The molecule has 1 aromatic carbocycles. The lowest BCUT2D eigenvalue weighted by Crippen LogP contribution is -2.20. The maximum atomic E-state index is 11.8. The number of hydrogen-bond acceptors (Lipinski definition) is 4. The van der Waals surface area contributed by atoms with Crippen LogP contribution in [-0.2, 0) is 4.79 Å². The number of rotatable bonds is 5. The zero-order valence-electron chi connectivity index (χ0n) is 13.0. The van der Waals surface area contributed by atoms with E-state index in [-0.39, 0.29) is 24.1 Å². The Kier molecular flexibility index (Phi) is 4.99. The van der Waals surface area contributed by atoms with Gasteiger partial charge in [0.05, 0.1) is 0 Å². The van der Waals surface area contributed by atoms with Crippen molar-refractivity contribution in [2.45, 2.75) is 26.7 Å². The van der Waals surface area contributed by atoms with Gasteiger partial charge in [0.15, 0.2) is 18.2 Å². The summed E-state index contributed by atoms with van der Waals surface area (Å²) in [5.41, 5.74) is 2.39. The first-order valence-corrected chi connectivity index (χ1v) is 7.14. The van der Waals surface area contributed by atoms with Crippen LogP contribution in [0.1, 0.15) is 30.9 Å². The summed E-state index contributed by atoms with van der Waals surface area (Å²) < 4.78 is 5.47. The van der Waals surface area contributed by atoms with Gasteiger partial charge in [-0.3, -0.25) is 4.79 Å². The molecule has 0 unspecified atom stereocenters. The van der Waals surface area contributed by atoms with Gasteiger partial charge in [-0.05, 0) is 48.2 Å². The highest BCUT2D eigenvalue weighted by molar-refractivity contribution is 5.92. The third-order valence-electron chi connectivity index (χ3n) is 3.28. The number of aromatic hydroxyl groups is 1. The Balaban J connectivity index is 1.94. The predicted molar refractivity (Wildman–Crippen MR) is 85.3 cm³/mol. The monoisotopic (exact) mass is 300 g/mol. The molecule has 116 valence electrons. The second kappa shape index (κ2) is 6.93. The van der Waals surface area contributed by atoms with Crippen LogP contribution >= 0.6 is 0 Å². The van der Waals surface area contributed by atoms with Crippen LogP contribution in [0, 0.1) is 6.92 Å². The molecular formula is C17H20N2O3. The third kappa shape index (κ3) is 3.97. The second-order valence-electron chi connectivity index (χ2n) is 5.38. The standard InChI is InChI=1S/C17H20N2O3/c1-11(2)14-7-6-13(9-12(14)3)22-10-16(21)19-17-15(20)5-4-8-18-17/h4-9,11,20H,10H2,1-3H3,(H,18,19,21). The normalized spacial score (nSPS) is 10.5. The van der Waals surface area contributed by atoms with Crippen molar-refractivity contribution in [1.82, 2.24) is 4.98 Å². The van der Waals surface area contributed by atoms with Crippen molar-refractivity contribution in [3.05, 3.63) is 47.7 Å². The zero-order valence-corrected chi connectivity index (χ0v) is 13.0. The zero-order chi connectivity index (χ0) is 16.1. The molecular weight excluding hydrogens is 280 g/mol. The number of anilines is 1. The van der Waals surface area contributed by atoms with Crippen molar-refractivity contribution < 1.29 is 14.6 Å². The van der Waals surface area contributed by atoms with E-state index in [9.17, 15) is 9.90 Å². The van der Waals surface area contributed by atoms with E-state index in [2.05, 4.69) is 24.1 Å². The topological polar surface area (TPSA) is 71.5 Å². The molecule has 2 aromatic rings. The van der Waals surface area contributed by atoms with Crippen molar-refractivity contribution >= 4 is 11.7 Å². The van der Waals surface area contributed by atoms with Crippen molar-refractivity contribution in [1.29, 1.82) is 0 Å². The highest BCUT2D eigenvalue weighted by Gasteiger charge is 2.09. The highest BCUT2D eigenvalue weighted by Crippen LogP contribution is 2.23. The molecule has 2 N–H and O–H groups in total. The molecule has 0 saturated carbocycles. The van der Waals surface area contributed by atoms with E-state index < -0.39 is 0 Å². The minimum Gasteiger partial charge on any atom is -0.504 e.